The summed E-state index contributed by atoms with van der Waals surface area (Å²) >= 11 is 0. The van der Waals surface area contributed by atoms with Gasteiger partial charge < -0.3 is 15.2 Å². The molecule has 6 heteroatoms. The first kappa shape index (κ1) is 14.0. The molecule has 0 radical (unpaired) electrons. The number of aryl methyl sites for hydroxylation is 2. The van der Waals surface area contributed by atoms with E-state index < -0.39 is 0 Å². The van der Waals surface area contributed by atoms with E-state index in [4.69, 9.17) is 4.52 Å². The first-order chi connectivity index (χ1) is 9.63. The van der Waals surface area contributed by atoms with Crippen molar-refractivity contribution in [2.75, 3.05) is 11.9 Å². The SMILES string of the molecule is CCNc1cnccc1C(=O)NCc1c(C)noc1C. The van der Waals surface area contributed by atoms with E-state index in [9.17, 15) is 4.79 Å². The second kappa shape index (κ2) is 6.18. The third-order valence-corrected chi connectivity index (χ3v) is 3.04. The highest BCUT2D eigenvalue weighted by Gasteiger charge is 2.13. The molecule has 0 bridgehead atoms. The van der Waals surface area contributed by atoms with Gasteiger partial charge in [0.25, 0.3) is 5.91 Å². The lowest BCUT2D eigenvalue weighted by molar-refractivity contribution is 0.0951. The molecule has 0 saturated heterocycles. The number of pyridine rings is 1. The molecule has 0 fully saturated rings. The molecule has 2 aromatic heterocycles. The Labute approximate surface area is 117 Å². The molecule has 2 N–H and O–H groups in total. The Morgan fingerprint density at radius 1 is 1.40 bits per heavy atom. The Morgan fingerprint density at radius 2 is 2.20 bits per heavy atom. The fraction of sp³-hybridized carbons (Fsp3) is 0.357. The van der Waals surface area contributed by atoms with Gasteiger partial charge in [-0.1, -0.05) is 5.16 Å². The Bertz CT molecular complexity index is 587. The summed E-state index contributed by atoms with van der Waals surface area (Å²) in [6.45, 7) is 6.79. The zero-order valence-electron chi connectivity index (χ0n) is 11.9. The number of hydrogen-bond donors (Lipinski definition) is 2. The number of carbonyl (C=O) groups is 1. The van der Waals surface area contributed by atoms with Crippen molar-refractivity contribution in [2.24, 2.45) is 0 Å². The van der Waals surface area contributed by atoms with Crippen LogP contribution >= 0.6 is 0 Å². The van der Waals surface area contributed by atoms with Crippen LogP contribution in [0.15, 0.2) is 23.0 Å². The summed E-state index contributed by atoms with van der Waals surface area (Å²) < 4.78 is 5.07. The Kier molecular flexibility index (Phi) is 4.34. The van der Waals surface area contributed by atoms with Crippen molar-refractivity contribution in [3.05, 3.63) is 41.0 Å². The van der Waals surface area contributed by atoms with E-state index in [-0.39, 0.29) is 5.91 Å². The van der Waals surface area contributed by atoms with Gasteiger partial charge in [0.2, 0.25) is 0 Å². The third-order valence-electron chi connectivity index (χ3n) is 3.04. The summed E-state index contributed by atoms with van der Waals surface area (Å²) in [6, 6.07) is 1.70. The van der Waals surface area contributed by atoms with Crippen LogP contribution in [0.3, 0.4) is 0 Å². The van der Waals surface area contributed by atoms with Gasteiger partial charge in [0.15, 0.2) is 0 Å². The van der Waals surface area contributed by atoms with E-state index in [1.54, 1.807) is 18.5 Å². The summed E-state index contributed by atoms with van der Waals surface area (Å²) in [5.41, 5.74) is 3.02. The molecular formula is C14H18N4O2. The zero-order valence-corrected chi connectivity index (χ0v) is 11.9. The van der Waals surface area contributed by atoms with Crippen LogP contribution in [0.2, 0.25) is 0 Å². The lowest BCUT2D eigenvalue weighted by atomic mass is 10.2. The molecule has 0 atom stereocenters. The number of anilines is 1. The predicted molar refractivity (Wildman–Crippen MR) is 75.5 cm³/mol. The van der Waals surface area contributed by atoms with Crippen molar-refractivity contribution in [1.29, 1.82) is 0 Å². The van der Waals surface area contributed by atoms with Gasteiger partial charge >= 0.3 is 0 Å². The fourth-order valence-electron chi connectivity index (χ4n) is 1.94. The molecule has 106 valence electrons. The number of carbonyl (C=O) groups excluding carboxylic acids is 1. The predicted octanol–water partition coefficient (Wildman–Crippen LogP) is 2.05. The fourth-order valence-corrected chi connectivity index (χ4v) is 1.94. The van der Waals surface area contributed by atoms with Crippen LogP contribution in [0.1, 0.15) is 34.3 Å². The lowest BCUT2D eigenvalue weighted by Gasteiger charge is -2.10. The van der Waals surface area contributed by atoms with Gasteiger partial charge in [-0.3, -0.25) is 9.78 Å². The Morgan fingerprint density at radius 3 is 2.85 bits per heavy atom. The summed E-state index contributed by atoms with van der Waals surface area (Å²) in [6.07, 6.45) is 3.25. The molecule has 0 aliphatic rings. The van der Waals surface area contributed by atoms with E-state index in [2.05, 4.69) is 20.8 Å². The number of hydrogen-bond acceptors (Lipinski definition) is 5. The number of nitrogens with zero attached hydrogens (tertiary/aromatic N) is 2. The van der Waals surface area contributed by atoms with Gasteiger partial charge in [-0.05, 0) is 26.8 Å². The van der Waals surface area contributed by atoms with Gasteiger partial charge in [-0.2, -0.15) is 0 Å². The smallest absolute Gasteiger partial charge is 0.253 e. The number of nitrogens with one attached hydrogen (secondary N) is 2. The van der Waals surface area contributed by atoms with E-state index in [1.807, 2.05) is 20.8 Å². The van der Waals surface area contributed by atoms with Crippen molar-refractivity contribution < 1.29 is 9.32 Å². The van der Waals surface area contributed by atoms with Crippen LogP contribution in [-0.2, 0) is 6.54 Å². The maximum absolute atomic E-state index is 12.2. The Hall–Kier alpha value is -2.37. The van der Waals surface area contributed by atoms with E-state index in [1.165, 1.54) is 0 Å². The topological polar surface area (TPSA) is 80.0 Å². The van der Waals surface area contributed by atoms with Crippen LogP contribution in [0, 0.1) is 13.8 Å². The molecule has 1 amide bonds. The van der Waals surface area contributed by atoms with Crippen molar-refractivity contribution in [1.82, 2.24) is 15.5 Å². The van der Waals surface area contributed by atoms with Gasteiger partial charge in [-0.25, -0.2) is 0 Å². The molecule has 2 rings (SSSR count). The molecule has 2 aromatic rings. The minimum absolute atomic E-state index is 0.150. The second-order valence-corrected chi connectivity index (χ2v) is 4.44. The van der Waals surface area contributed by atoms with Crippen molar-refractivity contribution in [3.63, 3.8) is 0 Å². The molecule has 20 heavy (non-hydrogen) atoms. The monoisotopic (exact) mass is 274 g/mol. The summed E-state index contributed by atoms with van der Waals surface area (Å²) in [4.78, 5) is 16.2. The van der Waals surface area contributed by atoms with Crippen LogP contribution in [0.5, 0.6) is 0 Å². The summed E-state index contributed by atoms with van der Waals surface area (Å²) in [7, 11) is 0. The first-order valence-corrected chi connectivity index (χ1v) is 6.51. The van der Waals surface area contributed by atoms with Crippen LogP contribution < -0.4 is 10.6 Å². The van der Waals surface area contributed by atoms with Crippen LogP contribution in [-0.4, -0.2) is 22.6 Å². The Balaban J connectivity index is 2.09. The highest BCUT2D eigenvalue weighted by atomic mass is 16.5. The molecule has 2 heterocycles. The van der Waals surface area contributed by atoms with Gasteiger partial charge in [0.05, 0.1) is 23.1 Å². The maximum Gasteiger partial charge on any atom is 0.253 e. The van der Waals surface area contributed by atoms with Gasteiger partial charge in [-0.15, -0.1) is 0 Å². The van der Waals surface area contributed by atoms with E-state index in [0.717, 1.165) is 29.2 Å². The highest BCUT2D eigenvalue weighted by molar-refractivity contribution is 5.99. The first-order valence-electron chi connectivity index (χ1n) is 6.51. The van der Waals surface area contributed by atoms with Crippen LogP contribution in [0.25, 0.3) is 0 Å². The molecule has 0 saturated carbocycles. The molecule has 0 aliphatic heterocycles. The molecule has 0 unspecified atom stereocenters. The maximum atomic E-state index is 12.2. The zero-order chi connectivity index (χ0) is 14.5. The molecule has 6 nitrogen and oxygen atoms in total. The van der Waals surface area contributed by atoms with Crippen molar-refractivity contribution in [3.8, 4) is 0 Å². The number of aromatic nitrogens is 2. The minimum Gasteiger partial charge on any atom is -0.383 e. The minimum atomic E-state index is -0.150. The third kappa shape index (κ3) is 2.96. The number of amides is 1. The number of rotatable bonds is 5. The van der Waals surface area contributed by atoms with Crippen molar-refractivity contribution in [2.45, 2.75) is 27.3 Å². The van der Waals surface area contributed by atoms with Crippen molar-refractivity contribution >= 4 is 11.6 Å². The van der Waals surface area contributed by atoms with E-state index in [0.29, 0.717) is 12.1 Å². The van der Waals surface area contributed by atoms with Gasteiger partial charge in [0, 0.05) is 24.8 Å². The molecule has 0 spiro atoms. The van der Waals surface area contributed by atoms with Crippen LogP contribution in [0.4, 0.5) is 5.69 Å². The van der Waals surface area contributed by atoms with Gasteiger partial charge in [0.1, 0.15) is 5.76 Å². The summed E-state index contributed by atoms with van der Waals surface area (Å²) in [5, 5.41) is 9.86. The molecule has 0 aromatic carbocycles. The quantitative estimate of drug-likeness (QED) is 0.872. The lowest BCUT2D eigenvalue weighted by Crippen LogP contribution is -2.24. The standard InChI is InChI=1S/C14H18N4O2/c1-4-16-13-8-15-6-5-11(13)14(19)17-7-12-9(2)18-20-10(12)3/h5-6,8,16H,4,7H2,1-3H3,(H,17,19). The average molecular weight is 274 g/mol. The largest absolute Gasteiger partial charge is 0.383 e. The van der Waals surface area contributed by atoms with E-state index >= 15 is 0 Å². The second-order valence-electron chi connectivity index (χ2n) is 4.44. The summed E-state index contributed by atoms with van der Waals surface area (Å²) in [5.74, 6) is 0.577. The highest BCUT2D eigenvalue weighted by Crippen LogP contribution is 2.15. The molecule has 0 aliphatic carbocycles. The average Bonchev–Trinajstić information content (AvgIpc) is 2.76. The molecular weight excluding hydrogens is 256 g/mol. The normalized spacial score (nSPS) is 10.3.